The van der Waals surface area contributed by atoms with Crippen molar-refractivity contribution in [1.82, 2.24) is 0 Å². The SMILES string of the molecule is CCC1c2cc(C)cc(C(C)(C)C)c2OP(c2ccc(-c3ccc(P4Oc5c(cc(C)cc5C(C)(C)C)C(CC)c5cc(C)cc(C(C)(C)C)c5O4)cc3)cc2)Oc2c1cc(C)cc2C(C)(C)C. The zero-order valence-electron chi connectivity index (χ0n) is 44.3. The van der Waals surface area contributed by atoms with E-state index >= 15 is 0 Å². The van der Waals surface area contributed by atoms with E-state index in [0.29, 0.717) is 0 Å². The van der Waals surface area contributed by atoms with Gasteiger partial charge in [-0.05, 0) is 97.6 Å². The Morgan fingerprint density at radius 3 is 0.765 bits per heavy atom. The van der Waals surface area contributed by atoms with Crippen molar-refractivity contribution >= 4 is 27.4 Å². The molecule has 2 aliphatic rings. The summed E-state index contributed by atoms with van der Waals surface area (Å²) in [6.07, 6.45) is 1.88. The minimum atomic E-state index is -1.56. The maximum absolute atomic E-state index is 7.32. The first kappa shape index (κ1) is 49.8. The molecule has 0 aliphatic carbocycles. The third kappa shape index (κ3) is 9.77. The molecule has 0 radical (unpaired) electrons. The first-order chi connectivity index (χ1) is 31.8. The van der Waals surface area contributed by atoms with Gasteiger partial charge in [0.15, 0.2) is 0 Å². The van der Waals surface area contributed by atoms with Gasteiger partial charge in [0.25, 0.3) is 0 Å². The van der Waals surface area contributed by atoms with Crippen molar-refractivity contribution in [1.29, 1.82) is 0 Å². The van der Waals surface area contributed by atoms with Gasteiger partial charge in [0.2, 0.25) is 0 Å². The van der Waals surface area contributed by atoms with Gasteiger partial charge in [-0.25, -0.2) is 0 Å². The molecule has 0 fully saturated rings. The molecular formula is C62H76O4P2. The minimum absolute atomic E-state index is 0.128. The zero-order chi connectivity index (χ0) is 49.4. The number of benzene rings is 6. The molecule has 6 heteroatoms. The summed E-state index contributed by atoms with van der Waals surface area (Å²) in [5.41, 5.74) is 16.6. The molecule has 2 heterocycles. The number of fused-ring (bicyclic) bond motifs is 4. The van der Waals surface area contributed by atoms with E-state index in [0.717, 1.165) is 57.6 Å². The van der Waals surface area contributed by atoms with Crippen LogP contribution in [0.2, 0.25) is 0 Å². The summed E-state index contributed by atoms with van der Waals surface area (Å²) < 4.78 is 29.3. The molecule has 358 valence electrons. The Labute approximate surface area is 412 Å². The molecule has 0 amide bonds. The predicted molar refractivity (Wildman–Crippen MR) is 291 cm³/mol. The molecule has 4 nitrogen and oxygen atoms in total. The monoisotopic (exact) mass is 947 g/mol. The van der Waals surface area contributed by atoms with Crippen molar-refractivity contribution < 1.29 is 18.1 Å². The summed E-state index contributed by atoms with van der Waals surface area (Å²) >= 11 is 0. The summed E-state index contributed by atoms with van der Waals surface area (Å²) in [5.74, 6) is 4.14. The first-order valence-corrected chi connectivity index (χ1v) is 27.2. The first-order valence-electron chi connectivity index (χ1n) is 24.9. The van der Waals surface area contributed by atoms with Gasteiger partial charge in [-0.1, -0.05) is 192 Å². The zero-order valence-corrected chi connectivity index (χ0v) is 46.1. The fourth-order valence-corrected chi connectivity index (χ4v) is 13.0. The van der Waals surface area contributed by atoms with Crippen LogP contribution in [-0.4, -0.2) is 0 Å². The fraction of sp³-hybridized carbons (Fsp3) is 0.419. The summed E-state index contributed by atoms with van der Waals surface area (Å²) in [4.78, 5) is 0. The van der Waals surface area contributed by atoms with Gasteiger partial charge < -0.3 is 18.1 Å². The van der Waals surface area contributed by atoms with Crippen molar-refractivity contribution in [2.24, 2.45) is 0 Å². The van der Waals surface area contributed by atoms with Crippen LogP contribution in [0.15, 0.2) is 97.1 Å². The third-order valence-electron chi connectivity index (χ3n) is 13.8. The van der Waals surface area contributed by atoms with Crippen LogP contribution in [0, 0.1) is 27.7 Å². The van der Waals surface area contributed by atoms with Gasteiger partial charge in [-0.2, -0.15) is 0 Å². The van der Waals surface area contributed by atoms with Crippen LogP contribution in [0.1, 0.15) is 188 Å². The summed E-state index contributed by atoms with van der Waals surface area (Å²) in [6, 6.07) is 36.4. The Hall–Kier alpha value is -4.62. The summed E-state index contributed by atoms with van der Waals surface area (Å²) in [7, 11) is -3.12. The lowest BCUT2D eigenvalue weighted by atomic mass is 9.77. The Morgan fingerprint density at radius 2 is 0.574 bits per heavy atom. The van der Waals surface area contributed by atoms with Crippen molar-refractivity contribution in [2.45, 2.75) is 171 Å². The lowest BCUT2D eigenvalue weighted by Crippen LogP contribution is -2.22. The second-order valence-electron chi connectivity index (χ2n) is 23.8. The van der Waals surface area contributed by atoms with Crippen molar-refractivity contribution in [3.8, 4) is 34.1 Å². The molecule has 0 N–H and O–H groups in total. The van der Waals surface area contributed by atoms with E-state index in [2.05, 4.69) is 222 Å². The van der Waals surface area contributed by atoms with Gasteiger partial charge in [0, 0.05) is 56.3 Å². The fourth-order valence-electron chi connectivity index (χ4n) is 10.2. The number of hydrogen-bond acceptors (Lipinski definition) is 4. The molecule has 8 rings (SSSR count). The molecule has 6 aromatic rings. The van der Waals surface area contributed by atoms with E-state index in [1.165, 1.54) is 66.8 Å². The highest BCUT2D eigenvalue weighted by Crippen LogP contribution is 2.57. The lowest BCUT2D eigenvalue weighted by Gasteiger charge is -2.36. The molecule has 6 aromatic carbocycles. The highest BCUT2D eigenvalue weighted by atomic mass is 31.2. The lowest BCUT2D eigenvalue weighted by molar-refractivity contribution is 0.446. The number of rotatable bonds is 5. The number of hydrogen-bond donors (Lipinski definition) is 0. The molecule has 0 bridgehead atoms. The molecule has 0 unspecified atom stereocenters. The van der Waals surface area contributed by atoms with Crippen LogP contribution in [0.25, 0.3) is 11.1 Å². The largest absolute Gasteiger partial charge is 0.435 e. The van der Waals surface area contributed by atoms with Gasteiger partial charge in [0.05, 0.1) is 10.6 Å². The molecule has 0 aromatic heterocycles. The van der Waals surface area contributed by atoms with E-state index in [1.54, 1.807) is 0 Å². The highest BCUT2D eigenvalue weighted by molar-refractivity contribution is 7.57. The van der Waals surface area contributed by atoms with Crippen LogP contribution in [-0.2, 0) is 21.7 Å². The Kier molecular flexibility index (Phi) is 13.4. The average molecular weight is 947 g/mol. The van der Waals surface area contributed by atoms with Gasteiger partial charge in [0.1, 0.15) is 23.0 Å². The van der Waals surface area contributed by atoms with Gasteiger partial charge >= 0.3 is 16.8 Å². The average Bonchev–Trinajstić information content (AvgIpc) is 3.23. The third-order valence-corrected chi connectivity index (χ3v) is 16.6. The molecular weight excluding hydrogens is 871 g/mol. The van der Waals surface area contributed by atoms with Crippen LogP contribution in [0.4, 0.5) is 0 Å². The van der Waals surface area contributed by atoms with Crippen molar-refractivity contribution in [3.63, 3.8) is 0 Å². The Morgan fingerprint density at radius 1 is 0.353 bits per heavy atom. The second-order valence-corrected chi connectivity index (χ2v) is 26.6. The van der Waals surface area contributed by atoms with E-state index in [-0.39, 0.29) is 33.5 Å². The van der Waals surface area contributed by atoms with E-state index in [1.807, 2.05) is 0 Å². The summed E-state index contributed by atoms with van der Waals surface area (Å²) in [6.45, 7) is 40.9. The van der Waals surface area contributed by atoms with Crippen LogP contribution >= 0.6 is 16.8 Å². The van der Waals surface area contributed by atoms with E-state index < -0.39 is 16.8 Å². The highest BCUT2D eigenvalue weighted by Gasteiger charge is 2.38. The van der Waals surface area contributed by atoms with Crippen LogP contribution in [0.3, 0.4) is 0 Å². The maximum Gasteiger partial charge on any atom is 0.326 e. The molecule has 0 saturated carbocycles. The maximum atomic E-state index is 7.32. The Bertz CT molecular complexity index is 2500. The molecule has 0 saturated heterocycles. The van der Waals surface area contributed by atoms with E-state index in [4.69, 9.17) is 18.1 Å². The van der Waals surface area contributed by atoms with Gasteiger partial charge in [-0.3, -0.25) is 0 Å². The Balaban J connectivity index is 1.20. The number of aryl methyl sites for hydroxylation is 4. The molecule has 0 spiro atoms. The second kappa shape index (κ2) is 18.3. The van der Waals surface area contributed by atoms with Crippen molar-refractivity contribution in [3.05, 3.63) is 164 Å². The smallest absolute Gasteiger partial charge is 0.326 e. The topological polar surface area (TPSA) is 36.9 Å². The quantitative estimate of drug-likeness (QED) is 0.161. The predicted octanol–water partition coefficient (Wildman–Crippen LogP) is 17.7. The van der Waals surface area contributed by atoms with Crippen LogP contribution in [0.5, 0.6) is 23.0 Å². The van der Waals surface area contributed by atoms with Crippen LogP contribution < -0.4 is 28.7 Å². The van der Waals surface area contributed by atoms with Crippen molar-refractivity contribution in [2.75, 3.05) is 0 Å². The summed E-state index contributed by atoms with van der Waals surface area (Å²) in [5, 5.41) is 2.07. The molecule has 2 aliphatic heterocycles. The van der Waals surface area contributed by atoms with Gasteiger partial charge in [-0.15, -0.1) is 0 Å². The molecule has 0 atom stereocenters. The van der Waals surface area contributed by atoms with E-state index in [9.17, 15) is 0 Å². The standard InChI is InChI=1S/C62H76O4P2/c1-19-45-47-29-37(3)33-51(59(7,8)9)55(47)63-67(64-56-48(45)30-38(4)34-52(56)60(10,11)12)43-25-21-41(22-26-43)42-23-27-44(28-24-42)68-65-57-49(31-39(5)35-53(57)61(13,14)15)46(20-2)50-32-40(6)36-54(58(50)66-68)62(16,17)18/h21-36,45-46H,19-20H2,1-18H3. The normalized spacial score (nSPS) is 18.4. The molecule has 68 heavy (non-hydrogen) atoms. The minimum Gasteiger partial charge on any atom is -0.435 e.